The van der Waals surface area contributed by atoms with E-state index in [9.17, 15) is 21.6 Å². The van der Waals surface area contributed by atoms with Gasteiger partial charge in [-0.15, -0.1) is 0 Å². The minimum absolute atomic E-state index is 0.0369. The van der Waals surface area contributed by atoms with Gasteiger partial charge in [-0.3, -0.25) is 4.98 Å². The van der Waals surface area contributed by atoms with Gasteiger partial charge in [0.05, 0.1) is 12.1 Å². The summed E-state index contributed by atoms with van der Waals surface area (Å²) in [5.74, 6) is -0.180. The summed E-state index contributed by atoms with van der Waals surface area (Å²) in [5, 5.41) is 0. The van der Waals surface area contributed by atoms with Gasteiger partial charge in [-0.2, -0.15) is 17.5 Å². The molecule has 1 aliphatic rings. The van der Waals surface area contributed by atoms with E-state index in [2.05, 4.69) is 9.97 Å². The van der Waals surface area contributed by atoms with E-state index in [-0.39, 0.29) is 23.9 Å². The zero-order valence-electron chi connectivity index (χ0n) is 12.8. The summed E-state index contributed by atoms with van der Waals surface area (Å²) in [5.41, 5.74) is -0.865. The molecular weight excluding hydrogens is 359 g/mol. The smallest absolute Gasteiger partial charge is 0.416 e. The maximum absolute atomic E-state index is 12.7. The van der Waals surface area contributed by atoms with Crippen molar-refractivity contribution in [3.05, 3.63) is 48.4 Å². The van der Waals surface area contributed by atoms with Crippen LogP contribution in [0.1, 0.15) is 12.0 Å². The van der Waals surface area contributed by atoms with Crippen LogP contribution < -0.4 is 4.74 Å². The number of ether oxygens (including phenoxy) is 1. The van der Waals surface area contributed by atoms with Crippen molar-refractivity contribution >= 4 is 10.0 Å². The number of rotatable bonds is 4. The average Bonchev–Trinajstić information content (AvgIpc) is 3.04. The van der Waals surface area contributed by atoms with E-state index in [1.54, 1.807) is 0 Å². The Bertz CT molecular complexity index is 844. The van der Waals surface area contributed by atoms with Crippen LogP contribution in [0.2, 0.25) is 0 Å². The molecule has 134 valence electrons. The van der Waals surface area contributed by atoms with E-state index in [1.165, 1.54) is 28.8 Å². The quantitative estimate of drug-likeness (QED) is 0.823. The second kappa shape index (κ2) is 6.60. The van der Waals surface area contributed by atoms with Gasteiger partial charge in [0.15, 0.2) is 0 Å². The summed E-state index contributed by atoms with van der Waals surface area (Å²) >= 11 is 0. The average molecular weight is 373 g/mol. The first-order valence-corrected chi connectivity index (χ1v) is 8.81. The van der Waals surface area contributed by atoms with Crippen LogP contribution in [0.15, 0.2) is 47.8 Å². The van der Waals surface area contributed by atoms with E-state index >= 15 is 0 Å². The molecule has 1 unspecified atom stereocenters. The fraction of sp³-hybridized carbons (Fsp3) is 0.333. The first-order valence-electron chi connectivity index (χ1n) is 7.37. The molecular formula is C15H14F3N3O3S. The second-order valence-corrected chi connectivity index (χ2v) is 7.40. The molecule has 1 saturated heterocycles. The first kappa shape index (κ1) is 17.6. The molecule has 0 N–H and O–H groups in total. The Morgan fingerprint density at radius 3 is 2.72 bits per heavy atom. The Hall–Kier alpha value is -2.20. The fourth-order valence-electron chi connectivity index (χ4n) is 2.48. The highest BCUT2D eigenvalue weighted by molar-refractivity contribution is 7.89. The molecule has 10 heteroatoms. The molecule has 1 atom stereocenters. The fourth-order valence-corrected chi connectivity index (χ4v) is 3.93. The van der Waals surface area contributed by atoms with Gasteiger partial charge >= 0.3 is 6.18 Å². The van der Waals surface area contributed by atoms with Gasteiger partial charge < -0.3 is 4.74 Å². The second-order valence-electron chi connectivity index (χ2n) is 5.46. The van der Waals surface area contributed by atoms with Crippen molar-refractivity contribution < 1.29 is 26.3 Å². The molecule has 3 heterocycles. The number of aromatic nitrogens is 2. The number of pyridine rings is 2. The molecule has 2 aromatic heterocycles. The number of alkyl halides is 3. The topological polar surface area (TPSA) is 72.4 Å². The predicted octanol–water partition coefficient (Wildman–Crippen LogP) is 2.34. The number of sulfonamides is 1. The van der Waals surface area contributed by atoms with Gasteiger partial charge in [0.2, 0.25) is 15.9 Å². The van der Waals surface area contributed by atoms with Crippen LogP contribution in [0, 0.1) is 0 Å². The van der Waals surface area contributed by atoms with Crippen LogP contribution in [0.5, 0.6) is 5.88 Å². The lowest BCUT2D eigenvalue weighted by Gasteiger charge is -2.17. The molecule has 0 aromatic carbocycles. The minimum atomic E-state index is -4.49. The minimum Gasteiger partial charge on any atom is -0.473 e. The number of hydrogen-bond acceptors (Lipinski definition) is 5. The van der Waals surface area contributed by atoms with Gasteiger partial charge in [-0.1, -0.05) is 0 Å². The zero-order valence-corrected chi connectivity index (χ0v) is 13.7. The molecule has 0 amide bonds. The van der Waals surface area contributed by atoms with Gasteiger partial charge in [0, 0.05) is 31.2 Å². The molecule has 2 aromatic rings. The molecule has 6 nitrogen and oxygen atoms in total. The van der Waals surface area contributed by atoms with Gasteiger partial charge in [0.25, 0.3) is 0 Å². The van der Waals surface area contributed by atoms with Crippen molar-refractivity contribution in [2.75, 3.05) is 13.1 Å². The Morgan fingerprint density at radius 1 is 1.24 bits per heavy atom. The number of halogens is 3. The molecule has 0 bridgehead atoms. The highest BCUT2D eigenvalue weighted by Crippen LogP contribution is 2.31. The summed E-state index contributed by atoms with van der Waals surface area (Å²) in [6, 6.07) is 4.60. The van der Waals surface area contributed by atoms with Crippen LogP contribution in [0.25, 0.3) is 0 Å². The Labute approximate surface area is 142 Å². The first-order chi connectivity index (χ1) is 11.8. The van der Waals surface area contributed by atoms with Crippen molar-refractivity contribution in [3.63, 3.8) is 0 Å². The SMILES string of the molecule is O=S(=O)(c1cccnc1)N1CCC(Oc2cc(C(F)(F)F)ccn2)C1. The van der Waals surface area contributed by atoms with Gasteiger partial charge in [0.1, 0.15) is 11.0 Å². The predicted molar refractivity (Wildman–Crippen MR) is 81.3 cm³/mol. The maximum atomic E-state index is 12.7. The number of hydrogen-bond donors (Lipinski definition) is 0. The lowest BCUT2D eigenvalue weighted by Crippen LogP contribution is -2.31. The Morgan fingerprint density at radius 2 is 2.04 bits per heavy atom. The summed E-state index contributed by atoms with van der Waals surface area (Å²) in [6.07, 6.45) is -0.977. The molecule has 0 saturated carbocycles. The van der Waals surface area contributed by atoms with Crippen LogP contribution in [-0.2, 0) is 16.2 Å². The van der Waals surface area contributed by atoms with Crippen LogP contribution in [-0.4, -0.2) is 41.9 Å². The Kier molecular flexibility index (Phi) is 4.65. The van der Waals surface area contributed by atoms with Gasteiger partial charge in [-0.25, -0.2) is 13.4 Å². The van der Waals surface area contributed by atoms with Crippen molar-refractivity contribution in [1.82, 2.24) is 14.3 Å². The third-order valence-electron chi connectivity index (χ3n) is 3.73. The summed E-state index contributed by atoms with van der Waals surface area (Å²) in [6.45, 7) is 0.246. The van der Waals surface area contributed by atoms with Crippen LogP contribution in [0.4, 0.5) is 13.2 Å². The maximum Gasteiger partial charge on any atom is 0.416 e. The van der Waals surface area contributed by atoms with Crippen LogP contribution in [0.3, 0.4) is 0 Å². The van der Waals surface area contributed by atoms with Crippen molar-refractivity contribution in [1.29, 1.82) is 0 Å². The van der Waals surface area contributed by atoms with E-state index in [4.69, 9.17) is 4.74 Å². The van der Waals surface area contributed by atoms with Crippen molar-refractivity contribution in [2.24, 2.45) is 0 Å². The van der Waals surface area contributed by atoms with E-state index < -0.39 is 27.9 Å². The lowest BCUT2D eigenvalue weighted by atomic mass is 10.2. The summed E-state index contributed by atoms with van der Waals surface area (Å²) < 4.78 is 69.8. The highest BCUT2D eigenvalue weighted by atomic mass is 32.2. The monoisotopic (exact) mass is 373 g/mol. The van der Waals surface area contributed by atoms with Crippen molar-refractivity contribution in [3.8, 4) is 5.88 Å². The van der Waals surface area contributed by atoms with E-state index in [0.29, 0.717) is 6.42 Å². The lowest BCUT2D eigenvalue weighted by molar-refractivity contribution is -0.137. The molecule has 0 aliphatic carbocycles. The number of nitrogens with zero attached hydrogens (tertiary/aromatic N) is 3. The Balaban J connectivity index is 1.70. The van der Waals surface area contributed by atoms with Crippen molar-refractivity contribution in [2.45, 2.75) is 23.6 Å². The standard InChI is InChI=1S/C15H14F3N3O3S/c16-15(17,18)11-3-6-20-14(8-11)24-12-4-7-21(10-12)25(22,23)13-2-1-5-19-9-13/h1-3,5-6,8-9,12H,4,7,10H2. The normalized spacial score (nSPS) is 19.1. The largest absolute Gasteiger partial charge is 0.473 e. The molecule has 25 heavy (non-hydrogen) atoms. The summed E-state index contributed by atoms with van der Waals surface area (Å²) in [7, 11) is -3.70. The molecule has 1 aliphatic heterocycles. The van der Waals surface area contributed by atoms with E-state index in [1.807, 2.05) is 0 Å². The zero-order chi connectivity index (χ0) is 18.1. The van der Waals surface area contributed by atoms with Gasteiger partial charge in [-0.05, 0) is 24.6 Å². The molecule has 3 rings (SSSR count). The highest BCUT2D eigenvalue weighted by Gasteiger charge is 2.35. The third kappa shape index (κ3) is 3.90. The molecule has 0 spiro atoms. The van der Waals surface area contributed by atoms with E-state index in [0.717, 1.165) is 18.3 Å². The third-order valence-corrected chi connectivity index (χ3v) is 5.58. The van der Waals surface area contributed by atoms with Crippen LogP contribution >= 0.6 is 0 Å². The summed E-state index contributed by atoms with van der Waals surface area (Å²) in [4.78, 5) is 7.61. The molecule has 1 fully saturated rings. The molecule has 0 radical (unpaired) electrons.